The Hall–Kier alpha value is -2.28. The molecule has 1 atom stereocenters. The van der Waals surface area contributed by atoms with Gasteiger partial charge in [-0.3, -0.25) is 9.69 Å². The van der Waals surface area contributed by atoms with Crippen LogP contribution in [0.5, 0.6) is 11.5 Å². The van der Waals surface area contributed by atoms with E-state index in [1.807, 2.05) is 12.1 Å². The molecule has 1 heterocycles. The van der Waals surface area contributed by atoms with Crippen LogP contribution in [0.2, 0.25) is 0 Å². The fourth-order valence-electron chi connectivity index (χ4n) is 2.79. The number of imide groups is 1. The van der Waals surface area contributed by atoms with Crippen LogP contribution in [-0.4, -0.2) is 53.3 Å². The number of β-amino-alcohol motifs (C(OH)–C–C–N with tert-alkyl or cyclic N) is 1. The Morgan fingerprint density at radius 3 is 2.26 bits per heavy atom. The van der Waals surface area contributed by atoms with Crippen molar-refractivity contribution in [1.29, 1.82) is 0 Å². The number of amides is 3. The van der Waals surface area contributed by atoms with Gasteiger partial charge in [-0.2, -0.15) is 0 Å². The Bertz CT molecular complexity index is 630. The molecule has 7 heteroatoms. The summed E-state index contributed by atoms with van der Waals surface area (Å²) >= 11 is 0. The zero-order chi connectivity index (χ0) is 19.9. The van der Waals surface area contributed by atoms with Crippen LogP contribution in [0.25, 0.3) is 0 Å². The molecule has 1 aromatic rings. The van der Waals surface area contributed by atoms with E-state index >= 15 is 0 Å². The third kappa shape index (κ3) is 6.13. The van der Waals surface area contributed by atoms with E-state index in [1.165, 1.54) is 19.3 Å². The van der Waals surface area contributed by atoms with Gasteiger partial charge in [-0.25, -0.2) is 4.79 Å². The van der Waals surface area contributed by atoms with E-state index in [9.17, 15) is 14.7 Å². The molecule has 3 amide bonds. The van der Waals surface area contributed by atoms with E-state index in [0.29, 0.717) is 12.4 Å². The summed E-state index contributed by atoms with van der Waals surface area (Å²) in [5, 5.41) is 12.7. The average Bonchev–Trinajstić information content (AvgIpc) is 2.82. The van der Waals surface area contributed by atoms with Gasteiger partial charge < -0.3 is 19.9 Å². The first kappa shape index (κ1) is 21.0. The molecular formula is C20H30N2O5. The maximum absolute atomic E-state index is 12.1. The van der Waals surface area contributed by atoms with Crippen LogP contribution in [0.15, 0.2) is 24.3 Å². The maximum Gasteiger partial charge on any atom is 0.325 e. The number of hydrogen-bond donors (Lipinski definition) is 2. The summed E-state index contributed by atoms with van der Waals surface area (Å²) in [5.41, 5.74) is -0.940. The van der Waals surface area contributed by atoms with E-state index in [1.54, 1.807) is 26.0 Å². The molecule has 0 aliphatic carbocycles. The first-order valence-corrected chi connectivity index (χ1v) is 9.51. The minimum absolute atomic E-state index is 0.0191. The second-order valence-corrected chi connectivity index (χ2v) is 7.32. The summed E-state index contributed by atoms with van der Waals surface area (Å²) in [7, 11) is 0. The standard InChI is InChI=1S/C20H30N2O5/c1-4-5-6-7-12-26-16-8-10-17(11-9-16)27-14-15(23)13-22-18(24)20(2,3)21-19(22)25/h8-11,15,23H,4-7,12-14H2,1-3H3,(H,21,25)/t15-/m0/s1. The Balaban J connectivity index is 1.73. The summed E-state index contributed by atoms with van der Waals surface area (Å²) < 4.78 is 11.2. The molecule has 27 heavy (non-hydrogen) atoms. The van der Waals surface area contributed by atoms with Gasteiger partial charge in [0.25, 0.3) is 5.91 Å². The van der Waals surface area contributed by atoms with Crippen molar-refractivity contribution < 1.29 is 24.2 Å². The topological polar surface area (TPSA) is 88.1 Å². The summed E-state index contributed by atoms with van der Waals surface area (Å²) in [6, 6.07) is 6.68. The molecule has 1 aromatic carbocycles. The maximum atomic E-state index is 12.1. The van der Waals surface area contributed by atoms with Crippen molar-refractivity contribution in [2.24, 2.45) is 0 Å². The van der Waals surface area contributed by atoms with Crippen molar-refractivity contribution in [3.63, 3.8) is 0 Å². The highest BCUT2D eigenvalue weighted by Gasteiger charge is 2.44. The highest BCUT2D eigenvalue weighted by atomic mass is 16.5. The molecule has 0 spiro atoms. The predicted molar refractivity (Wildman–Crippen MR) is 102 cm³/mol. The van der Waals surface area contributed by atoms with Crippen LogP contribution < -0.4 is 14.8 Å². The molecule has 150 valence electrons. The molecule has 1 aliphatic rings. The summed E-state index contributed by atoms with van der Waals surface area (Å²) in [4.78, 5) is 24.9. The largest absolute Gasteiger partial charge is 0.494 e. The van der Waals surface area contributed by atoms with E-state index in [4.69, 9.17) is 9.47 Å². The van der Waals surface area contributed by atoms with Crippen molar-refractivity contribution in [3.05, 3.63) is 24.3 Å². The summed E-state index contributed by atoms with van der Waals surface area (Å²) in [6.07, 6.45) is 3.66. The van der Waals surface area contributed by atoms with Crippen molar-refractivity contribution in [2.75, 3.05) is 19.8 Å². The number of hydrogen-bond acceptors (Lipinski definition) is 5. The van der Waals surface area contributed by atoms with E-state index < -0.39 is 17.7 Å². The number of nitrogens with zero attached hydrogens (tertiary/aromatic N) is 1. The molecule has 0 saturated carbocycles. The van der Waals surface area contributed by atoms with Crippen molar-refractivity contribution in [2.45, 2.75) is 58.1 Å². The van der Waals surface area contributed by atoms with Crippen molar-refractivity contribution in [1.82, 2.24) is 10.2 Å². The predicted octanol–water partition coefficient (Wildman–Crippen LogP) is 2.72. The second-order valence-electron chi connectivity index (χ2n) is 7.32. The van der Waals surface area contributed by atoms with E-state index in [0.717, 1.165) is 17.1 Å². The minimum atomic E-state index is -0.969. The number of ether oxygens (including phenoxy) is 2. The van der Waals surface area contributed by atoms with Gasteiger partial charge in [-0.1, -0.05) is 26.2 Å². The molecule has 1 fully saturated rings. The first-order valence-electron chi connectivity index (χ1n) is 9.51. The van der Waals surface area contributed by atoms with Crippen molar-refractivity contribution in [3.8, 4) is 11.5 Å². The van der Waals surface area contributed by atoms with Crippen LogP contribution in [0, 0.1) is 0 Å². The van der Waals surface area contributed by atoms with E-state index in [-0.39, 0.29) is 19.1 Å². The number of benzene rings is 1. The minimum Gasteiger partial charge on any atom is -0.494 e. The first-order chi connectivity index (χ1) is 12.8. The lowest BCUT2D eigenvalue weighted by molar-refractivity contribution is -0.131. The number of nitrogens with one attached hydrogen (secondary N) is 1. The van der Waals surface area contributed by atoms with Gasteiger partial charge in [0.1, 0.15) is 29.7 Å². The SMILES string of the molecule is CCCCCCOc1ccc(OC[C@@H](O)CN2C(=O)NC(C)(C)C2=O)cc1. The van der Waals surface area contributed by atoms with Gasteiger partial charge in [-0.05, 0) is 44.5 Å². The zero-order valence-corrected chi connectivity index (χ0v) is 16.4. The molecular weight excluding hydrogens is 348 g/mol. The van der Waals surface area contributed by atoms with Gasteiger partial charge in [0.15, 0.2) is 0 Å². The van der Waals surface area contributed by atoms with Crippen LogP contribution in [0.4, 0.5) is 4.79 Å². The monoisotopic (exact) mass is 378 g/mol. The van der Waals surface area contributed by atoms with E-state index in [2.05, 4.69) is 12.2 Å². The molecule has 1 saturated heterocycles. The number of carbonyl (C=O) groups excluding carboxylic acids is 2. The number of unbranched alkanes of at least 4 members (excludes halogenated alkanes) is 3. The lowest BCUT2D eigenvalue weighted by atomic mass is 10.1. The third-order valence-electron chi connectivity index (χ3n) is 4.37. The molecule has 7 nitrogen and oxygen atoms in total. The molecule has 2 rings (SSSR count). The lowest BCUT2D eigenvalue weighted by Gasteiger charge is -2.19. The Morgan fingerprint density at radius 1 is 1.07 bits per heavy atom. The molecule has 0 aromatic heterocycles. The molecule has 1 aliphatic heterocycles. The van der Waals surface area contributed by atoms with Gasteiger partial charge in [0.05, 0.1) is 13.2 Å². The highest BCUT2D eigenvalue weighted by Crippen LogP contribution is 2.19. The molecule has 0 unspecified atom stereocenters. The van der Waals surface area contributed by atoms with Gasteiger partial charge in [-0.15, -0.1) is 0 Å². The highest BCUT2D eigenvalue weighted by molar-refractivity contribution is 6.06. The van der Waals surface area contributed by atoms with Gasteiger partial charge in [0.2, 0.25) is 0 Å². The molecule has 0 radical (unpaired) electrons. The van der Waals surface area contributed by atoms with Crippen LogP contribution >= 0.6 is 0 Å². The Morgan fingerprint density at radius 2 is 1.70 bits per heavy atom. The Kier molecular flexibility index (Phi) is 7.47. The summed E-state index contributed by atoms with van der Waals surface area (Å²) in [6.45, 7) is 6.01. The summed E-state index contributed by atoms with van der Waals surface area (Å²) in [5.74, 6) is 1.01. The van der Waals surface area contributed by atoms with Gasteiger partial charge in [0, 0.05) is 0 Å². The van der Waals surface area contributed by atoms with Gasteiger partial charge >= 0.3 is 6.03 Å². The molecule has 0 bridgehead atoms. The number of urea groups is 1. The number of rotatable bonds is 11. The second kappa shape index (κ2) is 9.60. The number of aliphatic hydroxyl groups excluding tert-OH is 1. The number of aliphatic hydroxyl groups is 1. The number of carbonyl (C=O) groups is 2. The quantitative estimate of drug-likeness (QED) is 0.457. The Labute approximate surface area is 160 Å². The van der Waals surface area contributed by atoms with Crippen LogP contribution in [0.3, 0.4) is 0 Å². The fourth-order valence-corrected chi connectivity index (χ4v) is 2.79. The smallest absolute Gasteiger partial charge is 0.325 e. The lowest BCUT2D eigenvalue weighted by Crippen LogP contribution is -2.42. The normalized spacial score (nSPS) is 17.0. The van der Waals surface area contributed by atoms with Crippen LogP contribution in [0.1, 0.15) is 46.5 Å². The van der Waals surface area contributed by atoms with Crippen molar-refractivity contribution >= 4 is 11.9 Å². The zero-order valence-electron chi connectivity index (χ0n) is 16.4. The average molecular weight is 378 g/mol. The molecule has 2 N–H and O–H groups in total. The van der Waals surface area contributed by atoms with Crippen LogP contribution in [-0.2, 0) is 4.79 Å². The fraction of sp³-hybridized carbons (Fsp3) is 0.600. The third-order valence-corrected chi connectivity index (χ3v) is 4.37.